The van der Waals surface area contributed by atoms with Crippen LogP contribution in [-0.4, -0.2) is 6.03 Å². The second kappa shape index (κ2) is 4.80. The zero-order valence-corrected chi connectivity index (χ0v) is 10.8. The lowest BCUT2D eigenvalue weighted by Crippen LogP contribution is -2.44. The van der Waals surface area contributed by atoms with Gasteiger partial charge in [-0.3, -0.25) is 0 Å². The van der Waals surface area contributed by atoms with E-state index in [1.54, 1.807) is 12.1 Å². The molecule has 1 atom stereocenters. The molecule has 18 heavy (non-hydrogen) atoms. The van der Waals surface area contributed by atoms with Gasteiger partial charge in [0.15, 0.2) is 0 Å². The summed E-state index contributed by atoms with van der Waals surface area (Å²) in [5.41, 5.74) is 2.89. The molecule has 0 radical (unpaired) electrons. The van der Waals surface area contributed by atoms with E-state index < -0.39 is 0 Å². The lowest BCUT2D eigenvalue weighted by Gasteiger charge is -2.30. The quantitative estimate of drug-likeness (QED) is 0.829. The Morgan fingerprint density at radius 2 is 1.83 bits per heavy atom. The molecule has 1 unspecified atom stereocenters. The molecule has 0 spiro atoms. The van der Waals surface area contributed by atoms with Crippen molar-refractivity contribution >= 4 is 6.03 Å². The number of amides is 2. The number of hydrogen-bond donors (Lipinski definition) is 2. The van der Waals surface area contributed by atoms with Gasteiger partial charge in [0.1, 0.15) is 5.82 Å². The van der Waals surface area contributed by atoms with Gasteiger partial charge in [-0.15, -0.1) is 0 Å². The third-order valence-corrected chi connectivity index (χ3v) is 3.16. The maximum Gasteiger partial charge on any atom is 0.319 e. The first kappa shape index (κ1) is 12.6. The van der Waals surface area contributed by atoms with E-state index in [2.05, 4.69) is 10.6 Å². The Labute approximate surface area is 106 Å². The van der Waals surface area contributed by atoms with Gasteiger partial charge in [-0.1, -0.05) is 26.0 Å². The first-order valence-electron chi connectivity index (χ1n) is 6.02. The largest absolute Gasteiger partial charge is 0.327 e. The van der Waals surface area contributed by atoms with Gasteiger partial charge in [0, 0.05) is 5.70 Å². The molecule has 1 aliphatic rings. The maximum atomic E-state index is 12.9. The lowest BCUT2D eigenvalue weighted by atomic mass is 9.93. The first-order valence-corrected chi connectivity index (χ1v) is 6.02. The summed E-state index contributed by atoms with van der Waals surface area (Å²) in [6, 6.07) is 5.83. The zero-order valence-electron chi connectivity index (χ0n) is 10.8. The third-order valence-electron chi connectivity index (χ3n) is 3.16. The predicted molar refractivity (Wildman–Crippen MR) is 68.3 cm³/mol. The minimum atomic E-state index is -0.273. The third kappa shape index (κ3) is 2.37. The number of hydrogen-bond acceptors (Lipinski definition) is 1. The molecule has 0 aliphatic carbocycles. The van der Waals surface area contributed by atoms with Crippen molar-refractivity contribution in [3.8, 4) is 0 Å². The van der Waals surface area contributed by atoms with Crippen LogP contribution in [0.2, 0.25) is 0 Å². The second-order valence-corrected chi connectivity index (χ2v) is 4.83. The van der Waals surface area contributed by atoms with E-state index in [-0.39, 0.29) is 23.8 Å². The number of benzene rings is 1. The minimum absolute atomic E-state index is 0.184. The highest BCUT2D eigenvalue weighted by Gasteiger charge is 2.26. The highest BCUT2D eigenvalue weighted by Crippen LogP contribution is 2.28. The molecule has 1 aromatic rings. The molecule has 1 heterocycles. The van der Waals surface area contributed by atoms with Crippen LogP contribution in [0.25, 0.3) is 0 Å². The van der Waals surface area contributed by atoms with Crippen molar-refractivity contribution in [2.45, 2.75) is 26.8 Å². The van der Waals surface area contributed by atoms with Gasteiger partial charge in [-0.05, 0) is 36.1 Å². The zero-order chi connectivity index (χ0) is 13.3. The Balaban J connectivity index is 2.40. The van der Waals surface area contributed by atoms with Crippen LogP contribution in [-0.2, 0) is 0 Å². The van der Waals surface area contributed by atoms with Crippen LogP contribution in [0.4, 0.5) is 9.18 Å². The van der Waals surface area contributed by atoms with Crippen molar-refractivity contribution in [2.24, 2.45) is 5.92 Å². The first-order chi connectivity index (χ1) is 8.49. The Hall–Kier alpha value is -1.84. The van der Waals surface area contributed by atoms with Gasteiger partial charge in [0.2, 0.25) is 0 Å². The topological polar surface area (TPSA) is 41.1 Å². The standard InChI is InChI=1S/C14H17FN2O/c1-8(2)12-9(3)13(17-14(18)16-12)10-4-6-11(15)7-5-10/h4-8,13H,1-3H3,(H2,16,17,18). The Kier molecular flexibility index (Phi) is 3.36. The maximum absolute atomic E-state index is 12.9. The smallest absolute Gasteiger partial charge is 0.319 e. The van der Waals surface area contributed by atoms with Crippen molar-refractivity contribution < 1.29 is 9.18 Å². The van der Waals surface area contributed by atoms with Crippen molar-refractivity contribution in [3.63, 3.8) is 0 Å². The van der Waals surface area contributed by atoms with E-state index in [0.29, 0.717) is 0 Å². The summed E-state index contributed by atoms with van der Waals surface area (Å²) in [7, 11) is 0. The molecule has 96 valence electrons. The van der Waals surface area contributed by atoms with Crippen molar-refractivity contribution in [1.82, 2.24) is 10.6 Å². The van der Waals surface area contributed by atoms with E-state index in [0.717, 1.165) is 16.8 Å². The summed E-state index contributed by atoms with van der Waals surface area (Å²) in [5.74, 6) is -0.0243. The van der Waals surface area contributed by atoms with Crippen LogP contribution in [0.1, 0.15) is 32.4 Å². The molecule has 2 rings (SSSR count). The van der Waals surface area contributed by atoms with E-state index in [9.17, 15) is 9.18 Å². The average molecular weight is 248 g/mol. The molecule has 2 N–H and O–H groups in total. The van der Waals surface area contributed by atoms with E-state index in [1.165, 1.54) is 12.1 Å². The van der Waals surface area contributed by atoms with Crippen LogP contribution < -0.4 is 10.6 Å². The molecule has 0 bridgehead atoms. The molecule has 0 saturated heterocycles. The van der Waals surface area contributed by atoms with E-state index >= 15 is 0 Å². The molecular weight excluding hydrogens is 231 g/mol. The summed E-state index contributed by atoms with van der Waals surface area (Å²) >= 11 is 0. The molecule has 4 heteroatoms. The van der Waals surface area contributed by atoms with Crippen LogP contribution in [0.15, 0.2) is 35.5 Å². The van der Waals surface area contributed by atoms with Gasteiger partial charge in [-0.2, -0.15) is 0 Å². The van der Waals surface area contributed by atoms with Gasteiger partial charge >= 0.3 is 6.03 Å². The van der Waals surface area contributed by atoms with Crippen LogP contribution in [0.3, 0.4) is 0 Å². The number of allylic oxidation sites excluding steroid dienone is 1. The summed E-state index contributed by atoms with van der Waals surface area (Å²) in [4.78, 5) is 11.6. The molecule has 0 fully saturated rings. The van der Waals surface area contributed by atoms with Crippen molar-refractivity contribution in [3.05, 3.63) is 46.9 Å². The molecule has 0 aromatic heterocycles. The van der Waals surface area contributed by atoms with Gasteiger partial charge in [-0.25, -0.2) is 9.18 Å². The number of rotatable bonds is 2. The summed E-state index contributed by atoms with van der Waals surface area (Å²) in [5, 5.41) is 5.69. The molecule has 1 aromatic carbocycles. The molecule has 0 saturated carbocycles. The summed E-state index contributed by atoms with van der Waals surface area (Å²) in [6.07, 6.45) is 0. The molecule has 3 nitrogen and oxygen atoms in total. The van der Waals surface area contributed by atoms with Crippen LogP contribution in [0.5, 0.6) is 0 Å². The normalized spacial score (nSPS) is 19.8. The second-order valence-electron chi connectivity index (χ2n) is 4.83. The number of halogens is 1. The molecule has 2 amide bonds. The SMILES string of the molecule is CC1=C(C(C)C)NC(=O)NC1c1ccc(F)cc1. The fourth-order valence-electron chi connectivity index (χ4n) is 2.24. The highest BCUT2D eigenvalue weighted by atomic mass is 19.1. The lowest BCUT2D eigenvalue weighted by molar-refractivity contribution is 0.237. The monoisotopic (exact) mass is 248 g/mol. The van der Waals surface area contributed by atoms with E-state index in [1.807, 2.05) is 20.8 Å². The molecular formula is C14H17FN2O. The Morgan fingerprint density at radius 3 is 2.39 bits per heavy atom. The van der Waals surface area contributed by atoms with Gasteiger partial charge < -0.3 is 10.6 Å². The van der Waals surface area contributed by atoms with Gasteiger partial charge in [0.25, 0.3) is 0 Å². The number of carbonyl (C=O) groups is 1. The summed E-state index contributed by atoms with van der Waals surface area (Å²) < 4.78 is 12.9. The van der Waals surface area contributed by atoms with Crippen molar-refractivity contribution in [1.29, 1.82) is 0 Å². The van der Waals surface area contributed by atoms with E-state index in [4.69, 9.17) is 0 Å². The van der Waals surface area contributed by atoms with Crippen LogP contribution in [0, 0.1) is 11.7 Å². The molecule has 1 aliphatic heterocycles. The van der Waals surface area contributed by atoms with Gasteiger partial charge in [0.05, 0.1) is 6.04 Å². The minimum Gasteiger partial charge on any atom is -0.327 e. The number of urea groups is 1. The van der Waals surface area contributed by atoms with Crippen LogP contribution >= 0.6 is 0 Å². The summed E-state index contributed by atoms with van der Waals surface area (Å²) in [6.45, 7) is 6.05. The highest BCUT2D eigenvalue weighted by molar-refractivity contribution is 5.79. The number of carbonyl (C=O) groups excluding carboxylic acids is 1. The van der Waals surface area contributed by atoms with Crippen molar-refractivity contribution in [2.75, 3.05) is 0 Å². The fraction of sp³-hybridized carbons (Fsp3) is 0.357. The Bertz CT molecular complexity index is 491. The predicted octanol–water partition coefficient (Wildman–Crippen LogP) is 3.11. The number of nitrogens with one attached hydrogen (secondary N) is 2. The Morgan fingerprint density at radius 1 is 1.22 bits per heavy atom. The average Bonchev–Trinajstić information content (AvgIpc) is 2.32. The fourth-order valence-corrected chi connectivity index (χ4v) is 2.24.